The Bertz CT molecular complexity index is 1120. The number of benzene rings is 2. The van der Waals surface area contributed by atoms with Crippen molar-refractivity contribution in [3.8, 4) is 0 Å². The summed E-state index contributed by atoms with van der Waals surface area (Å²) in [7, 11) is -3.06. The van der Waals surface area contributed by atoms with E-state index in [4.69, 9.17) is 11.6 Å². The molecule has 1 aliphatic rings. The molecule has 0 amide bonds. The van der Waals surface area contributed by atoms with Crippen molar-refractivity contribution < 1.29 is 12.8 Å². The van der Waals surface area contributed by atoms with Gasteiger partial charge in [0.15, 0.2) is 9.84 Å². The number of sulfone groups is 1. The van der Waals surface area contributed by atoms with Gasteiger partial charge in [-0.3, -0.25) is 9.88 Å². The highest BCUT2D eigenvalue weighted by Gasteiger charge is 2.33. The Morgan fingerprint density at radius 1 is 1.07 bits per heavy atom. The fraction of sp³-hybridized carbons (Fsp3) is 0.286. The van der Waals surface area contributed by atoms with Crippen LogP contribution in [0.15, 0.2) is 54.7 Å². The van der Waals surface area contributed by atoms with Gasteiger partial charge >= 0.3 is 0 Å². The van der Waals surface area contributed by atoms with Gasteiger partial charge in [0.2, 0.25) is 0 Å². The maximum Gasteiger partial charge on any atom is 0.151 e. The van der Waals surface area contributed by atoms with Crippen molar-refractivity contribution in [1.82, 2.24) is 9.88 Å². The minimum absolute atomic E-state index is 0.0976. The van der Waals surface area contributed by atoms with Crippen LogP contribution < -0.4 is 0 Å². The van der Waals surface area contributed by atoms with Gasteiger partial charge in [0.25, 0.3) is 0 Å². The molecular weight excluding hydrogens is 399 g/mol. The Kier molecular flexibility index (Phi) is 5.36. The molecule has 0 radical (unpaired) electrons. The van der Waals surface area contributed by atoms with E-state index in [-0.39, 0.29) is 23.4 Å². The third-order valence-corrected chi connectivity index (χ3v) is 7.31. The maximum atomic E-state index is 14.3. The summed E-state index contributed by atoms with van der Waals surface area (Å²) < 4.78 is 38.3. The van der Waals surface area contributed by atoms with Crippen LogP contribution in [0.25, 0.3) is 10.9 Å². The lowest BCUT2D eigenvalue weighted by Crippen LogP contribution is -2.35. The molecule has 1 fully saturated rings. The molecule has 1 aromatic heterocycles. The smallest absolute Gasteiger partial charge is 0.151 e. The van der Waals surface area contributed by atoms with Gasteiger partial charge in [-0.1, -0.05) is 35.9 Å². The molecule has 0 spiro atoms. The highest BCUT2D eigenvalue weighted by Crippen LogP contribution is 2.28. The second kappa shape index (κ2) is 7.78. The number of rotatable bonds is 5. The summed E-state index contributed by atoms with van der Waals surface area (Å²) in [6.45, 7) is 0.809. The number of hydrogen-bond acceptors (Lipinski definition) is 4. The van der Waals surface area contributed by atoms with E-state index in [1.54, 1.807) is 24.4 Å². The van der Waals surface area contributed by atoms with Gasteiger partial charge in [0, 0.05) is 41.3 Å². The van der Waals surface area contributed by atoms with E-state index in [9.17, 15) is 12.8 Å². The fourth-order valence-corrected chi connectivity index (χ4v) is 5.74. The van der Waals surface area contributed by atoms with Gasteiger partial charge < -0.3 is 0 Å². The Morgan fingerprint density at radius 3 is 2.61 bits per heavy atom. The zero-order chi connectivity index (χ0) is 19.7. The van der Waals surface area contributed by atoms with Crippen molar-refractivity contribution in [2.75, 3.05) is 11.5 Å². The summed E-state index contributed by atoms with van der Waals surface area (Å²) in [6, 6.07) is 13.9. The van der Waals surface area contributed by atoms with Crippen LogP contribution in [0, 0.1) is 5.82 Å². The first-order valence-corrected chi connectivity index (χ1v) is 11.3. The third-order valence-electron chi connectivity index (χ3n) is 5.23. The molecule has 0 N–H and O–H groups in total. The highest BCUT2D eigenvalue weighted by molar-refractivity contribution is 7.91. The molecule has 2 heterocycles. The standard InChI is InChI=1S/C21H20ClFN2O2S/c22-19-8-7-16(21-18(19)5-3-10-24-21)13-25(17-9-11-28(26,27)14-17)12-15-4-1-2-6-20(15)23/h1-8,10,17H,9,11-14H2. The number of halogens is 2. The molecule has 4 nitrogen and oxygen atoms in total. The average Bonchev–Trinajstić information content (AvgIpc) is 3.05. The van der Waals surface area contributed by atoms with Gasteiger partial charge in [-0.25, -0.2) is 12.8 Å². The van der Waals surface area contributed by atoms with Crippen molar-refractivity contribution in [1.29, 1.82) is 0 Å². The van der Waals surface area contributed by atoms with Crippen LogP contribution in [0.3, 0.4) is 0 Å². The largest absolute Gasteiger partial charge is 0.291 e. The van der Waals surface area contributed by atoms with E-state index >= 15 is 0 Å². The second-order valence-corrected chi connectivity index (χ2v) is 9.80. The molecule has 2 aromatic carbocycles. The number of aromatic nitrogens is 1. The molecule has 0 aliphatic carbocycles. The van der Waals surface area contributed by atoms with Crippen LogP contribution in [0.4, 0.5) is 4.39 Å². The van der Waals surface area contributed by atoms with Gasteiger partial charge in [0.05, 0.1) is 17.0 Å². The van der Waals surface area contributed by atoms with E-state index in [2.05, 4.69) is 4.98 Å². The molecule has 1 atom stereocenters. The van der Waals surface area contributed by atoms with Crippen molar-refractivity contribution in [3.63, 3.8) is 0 Å². The zero-order valence-corrected chi connectivity index (χ0v) is 16.8. The van der Waals surface area contributed by atoms with Crippen molar-refractivity contribution in [3.05, 3.63) is 76.7 Å². The minimum Gasteiger partial charge on any atom is -0.291 e. The van der Waals surface area contributed by atoms with Crippen LogP contribution >= 0.6 is 11.6 Å². The summed E-state index contributed by atoms with van der Waals surface area (Å²) in [6.07, 6.45) is 2.26. The Morgan fingerprint density at radius 2 is 1.86 bits per heavy atom. The minimum atomic E-state index is -3.06. The summed E-state index contributed by atoms with van der Waals surface area (Å²) in [4.78, 5) is 6.51. The molecule has 0 bridgehead atoms. The second-order valence-electron chi connectivity index (χ2n) is 7.16. The number of nitrogens with zero attached hydrogens (tertiary/aromatic N) is 2. The first-order valence-electron chi connectivity index (χ1n) is 9.13. The van der Waals surface area contributed by atoms with Gasteiger partial charge in [-0.15, -0.1) is 0 Å². The SMILES string of the molecule is O=S1(=O)CCC(N(Cc2ccccc2F)Cc2ccc(Cl)c3cccnc23)C1. The number of fused-ring (bicyclic) bond motifs is 1. The molecule has 28 heavy (non-hydrogen) atoms. The normalized spacial score (nSPS) is 18.8. The van der Waals surface area contributed by atoms with E-state index in [0.717, 1.165) is 16.5 Å². The zero-order valence-electron chi connectivity index (χ0n) is 15.2. The summed E-state index contributed by atoms with van der Waals surface area (Å²) in [5.41, 5.74) is 2.29. The Hall–Kier alpha value is -2.02. The topological polar surface area (TPSA) is 50.3 Å². The third kappa shape index (κ3) is 4.04. The summed E-state index contributed by atoms with van der Waals surface area (Å²) in [5, 5.41) is 1.47. The van der Waals surface area contributed by atoms with Crippen LogP contribution in [0.1, 0.15) is 17.5 Å². The van der Waals surface area contributed by atoms with Crippen LogP contribution in [0.2, 0.25) is 5.02 Å². The molecular formula is C21H20ClFN2O2S. The first kappa shape index (κ1) is 19.3. The monoisotopic (exact) mass is 418 g/mol. The molecule has 0 saturated carbocycles. The maximum absolute atomic E-state index is 14.3. The average molecular weight is 419 g/mol. The van der Waals surface area contributed by atoms with E-state index < -0.39 is 9.84 Å². The van der Waals surface area contributed by atoms with Crippen molar-refractivity contribution in [2.24, 2.45) is 0 Å². The van der Waals surface area contributed by atoms with Crippen LogP contribution in [-0.4, -0.2) is 35.8 Å². The van der Waals surface area contributed by atoms with Crippen LogP contribution in [-0.2, 0) is 22.9 Å². The molecule has 1 unspecified atom stereocenters. The van der Waals surface area contributed by atoms with E-state index in [0.29, 0.717) is 30.1 Å². The predicted octanol–water partition coefficient (Wildman–Crippen LogP) is 4.22. The first-order chi connectivity index (χ1) is 13.4. The molecule has 146 valence electrons. The molecule has 3 aromatic rings. The van der Waals surface area contributed by atoms with Crippen molar-refractivity contribution >= 4 is 32.3 Å². The fourth-order valence-electron chi connectivity index (χ4n) is 3.77. The lowest BCUT2D eigenvalue weighted by Gasteiger charge is -2.28. The molecule has 1 aliphatic heterocycles. The molecule has 7 heteroatoms. The van der Waals surface area contributed by atoms with Crippen molar-refractivity contribution in [2.45, 2.75) is 25.6 Å². The van der Waals surface area contributed by atoms with E-state index in [1.165, 1.54) is 6.07 Å². The van der Waals surface area contributed by atoms with Gasteiger partial charge in [0.1, 0.15) is 5.82 Å². The number of pyridine rings is 1. The predicted molar refractivity (Wildman–Crippen MR) is 109 cm³/mol. The highest BCUT2D eigenvalue weighted by atomic mass is 35.5. The quantitative estimate of drug-likeness (QED) is 0.622. The Balaban J connectivity index is 1.70. The number of hydrogen-bond donors (Lipinski definition) is 0. The summed E-state index contributed by atoms with van der Waals surface area (Å²) in [5.74, 6) is -0.0155. The van der Waals surface area contributed by atoms with Gasteiger partial charge in [-0.2, -0.15) is 0 Å². The van der Waals surface area contributed by atoms with Gasteiger partial charge in [-0.05, 0) is 36.2 Å². The lowest BCUT2D eigenvalue weighted by molar-refractivity contribution is 0.192. The van der Waals surface area contributed by atoms with Crippen LogP contribution in [0.5, 0.6) is 0 Å². The molecule has 1 saturated heterocycles. The Labute approximate surface area is 168 Å². The lowest BCUT2D eigenvalue weighted by atomic mass is 10.1. The molecule has 4 rings (SSSR count). The summed E-state index contributed by atoms with van der Waals surface area (Å²) >= 11 is 6.30. The van der Waals surface area contributed by atoms with E-state index in [1.807, 2.05) is 29.2 Å².